The zero-order valence-corrected chi connectivity index (χ0v) is 11.6. The molecule has 0 aromatic rings. The van der Waals surface area contributed by atoms with E-state index in [0.29, 0.717) is 5.78 Å². The fourth-order valence-electron chi connectivity index (χ4n) is 2.85. The lowest BCUT2D eigenvalue weighted by molar-refractivity contribution is -0.129. The van der Waals surface area contributed by atoms with E-state index in [1.807, 2.05) is 0 Å². The summed E-state index contributed by atoms with van der Waals surface area (Å²) in [5.74, 6) is 0.374. The average molecular weight is 254 g/mol. The van der Waals surface area contributed by atoms with Crippen LogP contribution < -0.4 is 10.6 Å². The summed E-state index contributed by atoms with van der Waals surface area (Å²) in [6.45, 7) is 12.1. The van der Waals surface area contributed by atoms with Gasteiger partial charge in [0, 0.05) is 52.4 Å². The van der Waals surface area contributed by atoms with Gasteiger partial charge in [-0.25, -0.2) is 0 Å². The minimum atomic E-state index is 0.0528. The van der Waals surface area contributed by atoms with Gasteiger partial charge in [-0.15, -0.1) is 0 Å². The van der Waals surface area contributed by atoms with Crippen molar-refractivity contribution in [3.05, 3.63) is 0 Å². The fourth-order valence-corrected chi connectivity index (χ4v) is 2.85. The molecular formula is C13H26N4O. The predicted octanol–water partition coefficient (Wildman–Crippen LogP) is -0.857. The van der Waals surface area contributed by atoms with E-state index in [-0.39, 0.29) is 12.1 Å². The van der Waals surface area contributed by atoms with Crippen LogP contribution in [0, 0.1) is 0 Å². The van der Waals surface area contributed by atoms with E-state index in [2.05, 4.69) is 34.3 Å². The Labute approximate surface area is 110 Å². The molecule has 0 aliphatic carbocycles. The highest BCUT2D eigenvalue weighted by Crippen LogP contribution is 2.10. The van der Waals surface area contributed by atoms with Crippen molar-refractivity contribution >= 4 is 5.78 Å². The van der Waals surface area contributed by atoms with Gasteiger partial charge in [0.1, 0.15) is 0 Å². The first-order chi connectivity index (χ1) is 8.70. The number of hydrogen-bond acceptors (Lipinski definition) is 5. The molecule has 2 aliphatic heterocycles. The van der Waals surface area contributed by atoms with Crippen LogP contribution in [0.5, 0.6) is 0 Å². The molecule has 5 heteroatoms. The van der Waals surface area contributed by atoms with Crippen molar-refractivity contribution in [2.75, 3.05) is 52.4 Å². The summed E-state index contributed by atoms with van der Waals surface area (Å²) in [6.07, 6.45) is 0. The monoisotopic (exact) mass is 254 g/mol. The third-order valence-electron chi connectivity index (χ3n) is 4.22. The summed E-state index contributed by atoms with van der Waals surface area (Å²) < 4.78 is 0. The van der Waals surface area contributed by atoms with Crippen LogP contribution in [-0.2, 0) is 4.79 Å². The third kappa shape index (κ3) is 3.29. The highest BCUT2D eigenvalue weighted by Gasteiger charge is 2.30. The molecule has 2 rings (SSSR count). The zero-order valence-electron chi connectivity index (χ0n) is 11.6. The maximum atomic E-state index is 12.5. The van der Waals surface area contributed by atoms with Crippen molar-refractivity contribution in [2.45, 2.75) is 25.9 Å². The Balaban J connectivity index is 1.87. The summed E-state index contributed by atoms with van der Waals surface area (Å²) in [7, 11) is 0. The SMILES string of the molecule is CC(C(=O)C(C)N1CCNCC1)N1CCNCC1. The average Bonchev–Trinajstić information content (AvgIpc) is 2.47. The van der Waals surface area contributed by atoms with Gasteiger partial charge in [0.25, 0.3) is 0 Å². The first-order valence-electron chi connectivity index (χ1n) is 7.13. The Morgan fingerprint density at radius 3 is 1.50 bits per heavy atom. The highest BCUT2D eigenvalue weighted by atomic mass is 16.1. The topological polar surface area (TPSA) is 47.6 Å². The van der Waals surface area contributed by atoms with Gasteiger partial charge in [0.2, 0.25) is 0 Å². The number of ketones is 1. The second-order valence-electron chi connectivity index (χ2n) is 5.33. The molecule has 104 valence electrons. The predicted molar refractivity (Wildman–Crippen MR) is 72.8 cm³/mol. The van der Waals surface area contributed by atoms with E-state index in [9.17, 15) is 4.79 Å². The summed E-state index contributed by atoms with van der Waals surface area (Å²) in [4.78, 5) is 17.1. The summed E-state index contributed by atoms with van der Waals surface area (Å²) in [6, 6.07) is 0.106. The first-order valence-corrected chi connectivity index (χ1v) is 7.13. The summed E-state index contributed by atoms with van der Waals surface area (Å²) in [5.41, 5.74) is 0. The maximum absolute atomic E-state index is 12.5. The Bertz CT molecular complexity index is 246. The molecule has 0 radical (unpaired) electrons. The zero-order chi connectivity index (χ0) is 13.0. The number of carbonyl (C=O) groups excluding carboxylic acids is 1. The maximum Gasteiger partial charge on any atom is 0.166 e. The van der Waals surface area contributed by atoms with E-state index in [4.69, 9.17) is 0 Å². The molecule has 0 aromatic heterocycles. The summed E-state index contributed by atoms with van der Waals surface area (Å²) in [5, 5.41) is 6.66. The minimum absolute atomic E-state index is 0.0528. The molecule has 0 saturated carbocycles. The van der Waals surface area contributed by atoms with Gasteiger partial charge in [-0.05, 0) is 13.8 Å². The number of piperazine rings is 2. The van der Waals surface area contributed by atoms with Crippen LogP contribution in [0.4, 0.5) is 0 Å². The Morgan fingerprint density at radius 1 is 0.833 bits per heavy atom. The minimum Gasteiger partial charge on any atom is -0.314 e. The van der Waals surface area contributed by atoms with Gasteiger partial charge < -0.3 is 10.6 Å². The van der Waals surface area contributed by atoms with Gasteiger partial charge >= 0.3 is 0 Å². The number of carbonyl (C=O) groups is 1. The van der Waals surface area contributed by atoms with Crippen molar-refractivity contribution in [3.63, 3.8) is 0 Å². The second-order valence-corrected chi connectivity index (χ2v) is 5.33. The molecule has 2 atom stereocenters. The molecule has 18 heavy (non-hydrogen) atoms. The Kier molecular flexibility index (Phi) is 5.12. The lowest BCUT2D eigenvalue weighted by Gasteiger charge is -2.37. The Morgan fingerprint density at radius 2 is 1.17 bits per heavy atom. The highest BCUT2D eigenvalue weighted by molar-refractivity contribution is 5.88. The number of rotatable bonds is 4. The van der Waals surface area contributed by atoms with Crippen LogP contribution >= 0.6 is 0 Å². The van der Waals surface area contributed by atoms with Crippen LogP contribution in [-0.4, -0.2) is 80.0 Å². The Hall–Kier alpha value is -0.490. The van der Waals surface area contributed by atoms with Gasteiger partial charge in [-0.3, -0.25) is 14.6 Å². The lowest BCUT2D eigenvalue weighted by atomic mass is 10.0. The second kappa shape index (κ2) is 6.61. The number of Topliss-reactive ketones (excluding diaryl/α,β-unsaturated/α-hetero) is 1. The fraction of sp³-hybridized carbons (Fsp3) is 0.923. The third-order valence-corrected chi connectivity index (χ3v) is 4.22. The number of hydrogen-bond donors (Lipinski definition) is 2. The molecule has 2 heterocycles. The molecular weight excluding hydrogens is 228 g/mol. The van der Waals surface area contributed by atoms with Crippen LogP contribution in [0.2, 0.25) is 0 Å². The van der Waals surface area contributed by atoms with Crippen LogP contribution in [0.3, 0.4) is 0 Å². The van der Waals surface area contributed by atoms with E-state index in [1.54, 1.807) is 0 Å². The van der Waals surface area contributed by atoms with E-state index < -0.39 is 0 Å². The van der Waals surface area contributed by atoms with Crippen LogP contribution in [0.25, 0.3) is 0 Å². The smallest absolute Gasteiger partial charge is 0.166 e. The normalized spacial score (nSPS) is 26.8. The van der Waals surface area contributed by atoms with Crippen molar-refractivity contribution in [1.29, 1.82) is 0 Å². The van der Waals surface area contributed by atoms with Gasteiger partial charge in [-0.2, -0.15) is 0 Å². The quantitative estimate of drug-likeness (QED) is 0.684. The van der Waals surface area contributed by atoms with E-state index in [1.165, 1.54) is 0 Å². The van der Waals surface area contributed by atoms with Gasteiger partial charge in [0.05, 0.1) is 12.1 Å². The number of nitrogens with one attached hydrogen (secondary N) is 2. The number of nitrogens with zero attached hydrogens (tertiary/aromatic N) is 2. The standard InChI is InChI=1S/C13H26N4O/c1-11(16-7-3-14-4-8-16)13(18)12(2)17-9-5-15-6-10-17/h11-12,14-15H,3-10H2,1-2H3. The molecule has 2 fully saturated rings. The van der Waals surface area contributed by atoms with Crippen LogP contribution in [0.15, 0.2) is 0 Å². The summed E-state index contributed by atoms with van der Waals surface area (Å²) >= 11 is 0. The van der Waals surface area contributed by atoms with Crippen molar-refractivity contribution < 1.29 is 4.79 Å². The van der Waals surface area contributed by atoms with E-state index >= 15 is 0 Å². The lowest BCUT2D eigenvalue weighted by Crippen LogP contribution is -2.56. The molecule has 5 nitrogen and oxygen atoms in total. The molecule has 2 unspecified atom stereocenters. The molecule has 2 saturated heterocycles. The first kappa shape index (κ1) is 13.9. The molecule has 0 aromatic carbocycles. The molecule has 0 spiro atoms. The van der Waals surface area contributed by atoms with Crippen molar-refractivity contribution in [2.24, 2.45) is 0 Å². The van der Waals surface area contributed by atoms with Crippen LogP contribution in [0.1, 0.15) is 13.8 Å². The van der Waals surface area contributed by atoms with Gasteiger partial charge in [0.15, 0.2) is 5.78 Å². The molecule has 0 amide bonds. The van der Waals surface area contributed by atoms with Gasteiger partial charge in [-0.1, -0.05) is 0 Å². The molecule has 0 bridgehead atoms. The molecule has 2 aliphatic rings. The largest absolute Gasteiger partial charge is 0.314 e. The van der Waals surface area contributed by atoms with Crippen molar-refractivity contribution in [1.82, 2.24) is 20.4 Å². The van der Waals surface area contributed by atoms with E-state index in [0.717, 1.165) is 52.4 Å². The molecule has 2 N–H and O–H groups in total. The van der Waals surface area contributed by atoms with Crippen molar-refractivity contribution in [3.8, 4) is 0 Å².